The molecule has 2 atom stereocenters. The van der Waals surface area contributed by atoms with Gasteiger partial charge in [0.05, 0.1) is 20.6 Å². The van der Waals surface area contributed by atoms with Crippen molar-refractivity contribution in [1.82, 2.24) is 15.5 Å². The highest BCUT2D eigenvalue weighted by Crippen LogP contribution is 2.09. The van der Waals surface area contributed by atoms with Gasteiger partial charge in [0.2, 0.25) is 17.7 Å². The number of methoxy groups -OCH3 is 2. The molecule has 0 bridgehead atoms. The van der Waals surface area contributed by atoms with Crippen LogP contribution in [0.25, 0.3) is 0 Å². The molecule has 0 aromatic carbocycles. The van der Waals surface area contributed by atoms with Crippen LogP contribution in [0.1, 0.15) is 90.9 Å². The number of esters is 2. The van der Waals surface area contributed by atoms with Gasteiger partial charge in [-0.25, -0.2) is 9.59 Å². The molecule has 0 radical (unpaired) electrons. The summed E-state index contributed by atoms with van der Waals surface area (Å²) in [5.74, 6) is -4.58. The number of amides is 3. The average Bonchev–Trinajstić information content (AvgIpc) is 2.89. The highest BCUT2D eigenvalue weighted by molar-refractivity contribution is 5.92. The Hall–Kier alpha value is -3.18. The minimum atomic E-state index is -1.21. The number of rotatable bonds is 21. The monoisotopic (exact) mass is 543 g/mol. The van der Waals surface area contributed by atoms with E-state index in [0.29, 0.717) is 25.7 Å². The Balaban J connectivity index is 5.38. The van der Waals surface area contributed by atoms with Crippen LogP contribution in [0.4, 0.5) is 0 Å². The van der Waals surface area contributed by atoms with E-state index < -0.39 is 73.6 Å². The van der Waals surface area contributed by atoms with Gasteiger partial charge in [-0.1, -0.05) is 65.2 Å². The van der Waals surface area contributed by atoms with E-state index in [4.69, 9.17) is 14.6 Å². The first-order valence-corrected chi connectivity index (χ1v) is 13.3. The van der Waals surface area contributed by atoms with Crippen molar-refractivity contribution < 1.29 is 43.3 Å². The van der Waals surface area contributed by atoms with Gasteiger partial charge in [0.25, 0.3) is 0 Å². The van der Waals surface area contributed by atoms with Crippen LogP contribution in [-0.4, -0.2) is 85.0 Å². The standard InChI is InChI=1S/C26H45N3O9/c1-5-7-9-11-13-19(25(35)37-3)27-21(30)17-29(23(32)15-16-24(33)34)18-22(31)28-20(26(36)38-4)14-12-10-8-6-2/h19-20H,5-18H2,1-4H3,(H,27,30)(H,28,31)(H,33,34). The van der Waals surface area contributed by atoms with Gasteiger partial charge < -0.3 is 30.1 Å². The fourth-order valence-corrected chi connectivity index (χ4v) is 3.76. The molecule has 12 heteroatoms. The van der Waals surface area contributed by atoms with E-state index in [1.165, 1.54) is 14.2 Å². The van der Waals surface area contributed by atoms with Crippen molar-refractivity contribution in [2.24, 2.45) is 0 Å². The van der Waals surface area contributed by atoms with Crippen LogP contribution in [0.2, 0.25) is 0 Å². The fourth-order valence-electron chi connectivity index (χ4n) is 3.76. The summed E-state index contributed by atoms with van der Waals surface area (Å²) in [5, 5.41) is 14.0. The lowest BCUT2D eigenvalue weighted by Gasteiger charge is -2.24. The number of carbonyl (C=O) groups excluding carboxylic acids is 5. The molecule has 0 spiro atoms. The maximum absolute atomic E-state index is 12.7. The summed E-state index contributed by atoms with van der Waals surface area (Å²) in [5.41, 5.74) is 0. The predicted octanol–water partition coefficient (Wildman–Crippen LogP) is 1.94. The number of ether oxygens (including phenoxy) is 2. The maximum atomic E-state index is 12.7. The number of carbonyl (C=O) groups is 6. The van der Waals surface area contributed by atoms with Crippen LogP contribution in [0.5, 0.6) is 0 Å². The third-order valence-electron chi connectivity index (χ3n) is 5.91. The van der Waals surface area contributed by atoms with Crippen molar-refractivity contribution in [3.8, 4) is 0 Å². The summed E-state index contributed by atoms with van der Waals surface area (Å²) < 4.78 is 9.54. The first kappa shape index (κ1) is 34.8. The normalized spacial score (nSPS) is 12.1. The third-order valence-corrected chi connectivity index (χ3v) is 5.91. The fraction of sp³-hybridized carbons (Fsp3) is 0.769. The molecule has 0 aliphatic heterocycles. The molecule has 0 rings (SSSR count). The van der Waals surface area contributed by atoms with E-state index in [1.54, 1.807) is 0 Å². The Morgan fingerprint density at radius 1 is 0.684 bits per heavy atom. The molecule has 218 valence electrons. The van der Waals surface area contributed by atoms with Crippen molar-refractivity contribution in [3.63, 3.8) is 0 Å². The number of hydrogen-bond acceptors (Lipinski definition) is 8. The summed E-state index contributed by atoms with van der Waals surface area (Å²) in [6, 6.07) is -1.83. The maximum Gasteiger partial charge on any atom is 0.328 e. The molecule has 12 nitrogen and oxygen atoms in total. The van der Waals surface area contributed by atoms with Gasteiger partial charge in [-0.05, 0) is 12.8 Å². The summed E-state index contributed by atoms with van der Waals surface area (Å²) in [6.45, 7) is 2.94. The van der Waals surface area contributed by atoms with Crippen LogP contribution >= 0.6 is 0 Å². The molecule has 2 unspecified atom stereocenters. The number of unbranched alkanes of at least 4 members (excludes halogenated alkanes) is 6. The second kappa shape index (κ2) is 20.8. The van der Waals surface area contributed by atoms with Gasteiger partial charge in [0.1, 0.15) is 25.2 Å². The number of aliphatic carboxylic acids is 1. The number of nitrogens with one attached hydrogen (secondary N) is 2. The number of carboxylic acid groups (broad SMARTS) is 1. The molecular formula is C26H45N3O9. The molecule has 3 N–H and O–H groups in total. The van der Waals surface area contributed by atoms with Crippen LogP contribution in [0, 0.1) is 0 Å². The predicted molar refractivity (Wildman–Crippen MR) is 139 cm³/mol. The summed E-state index contributed by atoms with van der Waals surface area (Å²) in [4.78, 5) is 74.3. The van der Waals surface area contributed by atoms with Gasteiger partial charge in [0.15, 0.2) is 0 Å². The molecule has 0 heterocycles. The molecule has 3 amide bonds. The second-order valence-corrected chi connectivity index (χ2v) is 9.13. The number of carboxylic acids is 1. The van der Waals surface area contributed by atoms with E-state index >= 15 is 0 Å². The van der Waals surface area contributed by atoms with E-state index in [1.807, 2.05) is 13.8 Å². The second-order valence-electron chi connectivity index (χ2n) is 9.13. The van der Waals surface area contributed by atoms with Crippen molar-refractivity contribution in [1.29, 1.82) is 0 Å². The zero-order valence-corrected chi connectivity index (χ0v) is 23.2. The smallest absolute Gasteiger partial charge is 0.328 e. The zero-order valence-electron chi connectivity index (χ0n) is 23.2. The topological polar surface area (TPSA) is 168 Å². The summed E-state index contributed by atoms with van der Waals surface area (Å²) in [6.07, 6.45) is 6.88. The lowest BCUT2D eigenvalue weighted by atomic mass is 10.1. The molecule has 38 heavy (non-hydrogen) atoms. The van der Waals surface area contributed by atoms with Crippen molar-refractivity contribution in [2.45, 2.75) is 103 Å². The minimum absolute atomic E-state index is 0.352. The summed E-state index contributed by atoms with van der Waals surface area (Å²) >= 11 is 0. The quantitative estimate of drug-likeness (QED) is 0.145. The number of nitrogens with zero attached hydrogens (tertiary/aromatic N) is 1. The number of hydrogen-bond donors (Lipinski definition) is 3. The first-order valence-electron chi connectivity index (χ1n) is 13.3. The highest BCUT2D eigenvalue weighted by atomic mass is 16.5. The molecule has 0 aromatic heterocycles. The van der Waals surface area contributed by atoms with Crippen molar-refractivity contribution in [2.75, 3.05) is 27.3 Å². The molecule has 0 aromatic rings. The minimum Gasteiger partial charge on any atom is -0.481 e. The Kier molecular flexibility index (Phi) is 19.1. The molecule has 0 saturated carbocycles. The molecular weight excluding hydrogens is 498 g/mol. The Morgan fingerprint density at radius 3 is 1.45 bits per heavy atom. The molecule has 0 aliphatic rings. The van der Waals surface area contributed by atoms with Gasteiger partial charge in [-0.15, -0.1) is 0 Å². The van der Waals surface area contributed by atoms with E-state index in [2.05, 4.69) is 10.6 Å². The lowest BCUT2D eigenvalue weighted by molar-refractivity contribution is -0.147. The zero-order chi connectivity index (χ0) is 28.9. The van der Waals surface area contributed by atoms with Crippen LogP contribution in [-0.2, 0) is 38.2 Å². The SMILES string of the molecule is CCCCCCC(NC(=O)CN(CC(=O)NC(CCCCCC)C(=O)OC)C(=O)CCC(=O)O)C(=O)OC. The lowest BCUT2D eigenvalue weighted by Crippen LogP contribution is -2.51. The average molecular weight is 544 g/mol. The Labute approximate surface area is 225 Å². The Bertz CT molecular complexity index is 725. The van der Waals surface area contributed by atoms with E-state index in [9.17, 15) is 28.8 Å². The van der Waals surface area contributed by atoms with Gasteiger partial charge >= 0.3 is 17.9 Å². The van der Waals surface area contributed by atoms with Crippen LogP contribution in [0.3, 0.4) is 0 Å². The molecule has 0 fully saturated rings. The van der Waals surface area contributed by atoms with Crippen molar-refractivity contribution >= 4 is 35.6 Å². The van der Waals surface area contributed by atoms with Crippen LogP contribution < -0.4 is 10.6 Å². The largest absolute Gasteiger partial charge is 0.481 e. The third kappa shape index (κ3) is 15.8. The van der Waals surface area contributed by atoms with Gasteiger partial charge in [-0.3, -0.25) is 19.2 Å². The van der Waals surface area contributed by atoms with Gasteiger partial charge in [-0.2, -0.15) is 0 Å². The highest BCUT2D eigenvalue weighted by Gasteiger charge is 2.27. The van der Waals surface area contributed by atoms with E-state index in [0.717, 1.165) is 43.4 Å². The summed E-state index contributed by atoms with van der Waals surface area (Å²) in [7, 11) is 2.42. The molecule has 0 aliphatic carbocycles. The van der Waals surface area contributed by atoms with Crippen LogP contribution in [0.15, 0.2) is 0 Å². The Morgan fingerprint density at radius 2 is 1.11 bits per heavy atom. The first-order chi connectivity index (χ1) is 18.1. The van der Waals surface area contributed by atoms with Gasteiger partial charge in [0, 0.05) is 6.42 Å². The van der Waals surface area contributed by atoms with Crippen molar-refractivity contribution in [3.05, 3.63) is 0 Å². The van der Waals surface area contributed by atoms with E-state index in [-0.39, 0.29) is 0 Å². The molecule has 0 saturated heterocycles.